The van der Waals surface area contributed by atoms with Crippen molar-refractivity contribution in [1.82, 2.24) is 5.32 Å². The Morgan fingerprint density at radius 3 is 2.50 bits per heavy atom. The van der Waals surface area contributed by atoms with Gasteiger partial charge in [-0.25, -0.2) is 4.99 Å². The fourth-order valence-electron chi connectivity index (χ4n) is 2.40. The molecule has 0 aliphatic carbocycles. The van der Waals surface area contributed by atoms with E-state index in [1.807, 2.05) is 36.4 Å². The molecule has 0 saturated carbocycles. The van der Waals surface area contributed by atoms with Crippen LogP contribution in [0.1, 0.15) is 18.7 Å². The maximum atomic E-state index is 11.5. The van der Waals surface area contributed by atoms with Crippen LogP contribution < -0.4 is 9.62 Å². The first-order valence-corrected chi connectivity index (χ1v) is 8.59. The lowest BCUT2D eigenvalue weighted by molar-refractivity contribution is -0.141. The average Bonchev–Trinajstić information content (AvgIpc) is 3.06. The maximum absolute atomic E-state index is 11.5. The number of esters is 1. The van der Waals surface area contributed by atoms with Gasteiger partial charge in [0.15, 0.2) is 5.17 Å². The minimum absolute atomic E-state index is 0.0211. The van der Waals surface area contributed by atoms with Gasteiger partial charge in [-0.1, -0.05) is 48.5 Å². The van der Waals surface area contributed by atoms with Crippen LogP contribution in [0, 0.1) is 0 Å². The number of nitrogens with one attached hydrogen (secondary N) is 1. The number of amidine groups is 1. The lowest BCUT2D eigenvalue weighted by atomic mass is 10.1. The third kappa shape index (κ3) is 3.89. The molecule has 0 spiro atoms. The molecule has 1 heterocycles. The largest absolute Gasteiger partial charge is 0.465 e. The highest BCUT2D eigenvalue weighted by molar-refractivity contribution is 8.15. The van der Waals surface area contributed by atoms with Gasteiger partial charge in [-0.15, -0.1) is 0 Å². The van der Waals surface area contributed by atoms with Gasteiger partial charge in [0.25, 0.3) is 0 Å². The third-order valence-electron chi connectivity index (χ3n) is 3.46. The van der Waals surface area contributed by atoms with E-state index in [9.17, 15) is 4.79 Å². The Bertz CT molecular complexity index is 657. The molecule has 0 bridgehead atoms. The molecule has 0 amide bonds. The van der Waals surface area contributed by atoms with Gasteiger partial charge in [0.05, 0.1) is 12.3 Å². The van der Waals surface area contributed by atoms with Crippen molar-refractivity contribution in [1.29, 1.82) is 0 Å². The number of para-hydroxylation sites is 1. The van der Waals surface area contributed by atoms with E-state index in [0.29, 0.717) is 11.8 Å². The summed E-state index contributed by atoms with van der Waals surface area (Å²) < 4.78 is 7.08. The lowest BCUT2D eigenvalue weighted by Gasteiger charge is -2.23. The molecule has 1 unspecified atom stereocenters. The molecule has 1 aliphatic heterocycles. The van der Waals surface area contributed by atoms with Gasteiger partial charge in [-0.05, 0) is 24.6 Å². The molecule has 3 rings (SSSR count). The minimum Gasteiger partial charge on any atom is -0.465 e. The smallest absolute Gasteiger partial charge is 0.327 e. The first kappa shape index (κ1) is 16.4. The highest BCUT2D eigenvalue weighted by atomic mass is 32.2. The summed E-state index contributed by atoms with van der Waals surface area (Å²) in [5.74, 6) is -0.318. The molecule has 24 heavy (non-hydrogen) atoms. The van der Waals surface area contributed by atoms with Crippen LogP contribution in [-0.2, 0) is 9.53 Å². The van der Waals surface area contributed by atoms with Crippen molar-refractivity contribution >= 4 is 28.8 Å². The van der Waals surface area contributed by atoms with Gasteiger partial charge in [-0.2, -0.15) is 0 Å². The summed E-state index contributed by atoms with van der Waals surface area (Å²) in [7, 11) is 0. The zero-order chi connectivity index (χ0) is 16.8. The first-order valence-electron chi connectivity index (χ1n) is 7.81. The number of benzene rings is 2. The summed E-state index contributed by atoms with van der Waals surface area (Å²) in [4.78, 5) is 15.9. The fourth-order valence-corrected chi connectivity index (χ4v) is 3.38. The molecule has 6 heteroatoms. The summed E-state index contributed by atoms with van der Waals surface area (Å²) in [6, 6.07) is 20.3. The van der Waals surface area contributed by atoms with E-state index in [1.165, 1.54) is 11.9 Å². The van der Waals surface area contributed by atoms with Crippen molar-refractivity contribution in [3.63, 3.8) is 0 Å². The molecule has 5 nitrogen and oxygen atoms in total. The number of ether oxygens (including phenoxy) is 1. The van der Waals surface area contributed by atoms with Gasteiger partial charge in [0.1, 0.15) is 12.7 Å². The zero-order valence-corrected chi connectivity index (χ0v) is 14.2. The van der Waals surface area contributed by atoms with Gasteiger partial charge in [0.2, 0.25) is 0 Å². The average molecular weight is 341 g/mol. The van der Waals surface area contributed by atoms with Crippen molar-refractivity contribution in [2.45, 2.75) is 13.1 Å². The Morgan fingerprint density at radius 1 is 1.17 bits per heavy atom. The molecule has 1 aliphatic rings. The Hall–Kier alpha value is -2.47. The monoisotopic (exact) mass is 341 g/mol. The van der Waals surface area contributed by atoms with E-state index >= 15 is 0 Å². The molecular weight excluding hydrogens is 322 g/mol. The number of anilines is 1. The second-order valence-electron chi connectivity index (χ2n) is 5.14. The Balaban J connectivity index is 1.82. The van der Waals surface area contributed by atoms with Gasteiger partial charge < -0.3 is 10.1 Å². The molecule has 2 aromatic rings. The second kappa shape index (κ2) is 7.88. The van der Waals surface area contributed by atoms with Crippen LogP contribution in [0.5, 0.6) is 0 Å². The summed E-state index contributed by atoms with van der Waals surface area (Å²) in [5, 5.41) is 4.09. The van der Waals surface area contributed by atoms with Gasteiger partial charge in [0, 0.05) is 11.9 Å². The second-order valence-corrected chi connectivity index (χ2v) is 6.10. The molecule has 0 radical (unpaired) electrons. The SMILES string of the molecule is CCOC(=O)CN=C1NC(c2ccccc2)N(c2ccccc2)S1. The topological polar surface area (TPSA) is 53.9 Å². The number of rotatable bonds is 5. The van der Waals surface area contributed by atoms with Crippen LogP contribution in [0.3, 0.4) is 0 Å². The first-order chi connectivity index (χ1) is 11.8. The van der Waals surface area contributed by atoms with Crippen LogP contribution in [0.25, 0.3) is 0 Å². The molecule has 0 aromatic heterocycles. The molecular formula is C18H19N3O2S. The summed E-state index contributed by atoms with van der Waals surface area (Å²) in [5.41, 5.74) is 2.21. The molecule has 124 valence electrons. The Morgan fingerprint density at radius 2 is 1.83 bits per heavy atom. The van der Waals surface area contributed by atoms with E-state index in [2.05, 4.69) is 38.9 Å². The molecule has 1 N–H and O–H groups in total. The normalized spacial score (nSPS) is 18.5. The predicted octanol–water partition coefficient (Wildman–Crippen LogP) is 3.36. The Labute approximate surface area is 145 Å². The van der Waals surface area contributed by atoms with Crippen LogP contribution >= 0.6 is 11.9 Å². The van der Waals surface area contributed by atoms with Gasteiger partial charge in [-0.3, -0.25) is 9.10 Å². The van der Waals surface area contributed by atoms with E-state index in [1.54, 1.807) is 6.92 Å². The molecule has 1 atom stereocenters. The van der Waals surface area contributed by atoms with Crippen LogP contribution in [0.2, 0.25) is 0 Å². The minimum atomic E-state index is -0.318. The van der Waals surface area contributed by atoms with Crippen LogP contribution in [0.15, 0.2) is 65.7 Å². The van der Waals surface area contributed by atoms with Crippen molar-refractivity contribution in [2.24, 2.45) is 4.99 Å². The number of carbonyl (C=O) groups excluding carboxylic acids is 1. The molecule has 2 aromatic carbocycles. The van der Waals surface area contributed by atoms with Crippen molar-refractivity contribution in [2.75, 3.05) is 17.5 Å². The molecule has 1 fully saturated rings. The van der Waals surface area contributed by atoms with Crippen molar-refractivity contribution in [3.05, 3.63) is 66.2 Å². The zero-order valence-electron chi connectivity index (χ0n) is 13.4. The van der Waals surface area contributed by atoms with Crippen LogP contribution in [-0.4, -0.2) is 24.3 Å². The number of hydrogen-bond acceptors (Lipinski definition) is 5. The summed E-state index contributed by atoms with van der Waals surface area (Å²) in [6.07, 6.45) is -0.0421. The lowest BCUT2D eigenvalue weighted by Crippen LogP contribution is -2.26. The standard InChI is InChI=1S/C18H19N3O2S/c1-2-23-16(22)13-19-18-20-17(14-9-5-3-6-10-14)21(24-18)15-11-7-4-8-12-15/h3-12,17H,2,13H2,1H3,(H,19,20). The van der Waals surface area contributed by atoms with E-state index in [-0.39, 0.29) is 18.7 Å². The highest BCUT2D eigenvalue weighted by Gasteiger charge is 2.31. The quantitative estimate of drug-likeness (QED) is 0.667. The van der Waals surface area contributed by atoms with Crippen LogP contribution in [0.4, 0.5) is 5.69 Å². The summed E-state index contributed by atoms with van der Waals surface area (Å²) >= 11 is 1.49. The van der Waals surface area contributed by atoms with Crippen molar-refractivity contribution < 1.29 is 9.53 Å². The predicted molar refractivity (Wildman–Crippen MR) is 97.8 cm³/mol. The highest BCUT2D eigenvalue weighted by Crippen LogP contribution is 2.37. The number of aliphatic imine (C=N–C) groups is 1. The fraction of sp³-hybridized carbons (Fsp3) is 0.222. The van der Waals surface area contributed by atoms with Crippen molar-refractivity contribution in [3.8, 4) is 0 Å². The third-order valence-corrected chi connectivity index (χ3v) is 4.50. The van der Waals surface area contributed by atoms with E-state index in [0.717, 1.165) is 11.3 Å². The number of carbonyl (C=O) groups is 1. The number of hydrogen-bond donors (Lipinski definition) is 1. The Kier molecular flexibility index (Phi) is 5.38. The number of nitrogens with zero attached hydrogens (tertiary/aromatic N) is 2. The van der Waals surface area contributed by atoms with E-state index < -0.39 is 0 Å². The maximum Gasteiger partial charge on any atom is 0.327 e. The molecule has 1 saturated heterocycles. The summed E-state index contributed by atoms with van der Waals surface area (Å²) in [6.45, 7) is 2.18. The van der Waals surface area contributed by atoms with Gasteiger partial charge >= 0.3 is 5.97 Å². The van der Waals surface area contributed by atoms with E-state index in [4.69, 9.17) is 4.74 Å².